The molecule has 0 amide bonds. The summed E-state index contributed by atoms with van der Waals surface area (Å²) in [6.45, 7) is 3.82. The second kappa shape index (κ2) is 8.13. The molecule has 0 atom stereocenters. The number of aryl methyl sites for hydroxylation is 1. The average Bonchev–Trinajstić information content (AvgIpc) is 3.18. The number of anilines is 1. The molecule has 1 aromatic carbocycles. The lowest BCUT2D eigenvalue weighted by atomic mass is 9.93. The molecule has 2 aromatic heterocycles. The van der Waals surface area contributed by atoms with Crippen LogP contribution in [0.5, 0.6) is 0 Å². The molecule has 144 valence electrons. The molecule has 0 spiro atoms. The normalized spacial score (nSPS) is 11.1. The van der Waals surface area contributed by atoms with E-state index in [9.17, 15) is 9.59 Å². The van der Waals surface area contributed by atoms with Crippen molar-refractivity contribution in [1.82, 2.24) is 4.98 Å². The monoisotopic (exact) mass is 376 g/mol. The van der Waals surface area contributed by atoms with Gasteiger partial charge in [-0.2, -0.15) is 0 Å². The van der Waals surface area contributed by atoms with Crippen molar-refractivity contribution in [3.8, 4) is 0 Å². The number of hydrogen-bond donors (Lipinski definition) is 1. The van der Waals surface area contributed by atoms with Gasteiger partial charge in [0.2, 0.25) is 0 Å². The van der Waals surface area contributed by atoms with E-state index in [1.807, 2.05) is 56.3 Å². The highest BCUT2D eigenvalue weighted by atomic mass is 16.3. The Bertz CT molecular complexity index is 1070. The summed E-state index contributed by atoms with van der Waals surface area (Å²) in [4.78, 5) is 30.5. The second-order valence-electron chi connectivity index (χ2n) is 6.83. The van der Waals surface area contributed by atoms with Crippen molar-refractivity contribution in [2.24, 2.45) is 0 Å². The number of carbonyl (C=O) groups excluding carboxylic acids is 1. The highest BCUT2D eigenvalue weighted by Gasteiger charge is 2.23. The summed E-state index contributed by atoms with van der Waals surface area (Å²) in [6, 6.07) is 11.1. The van der Waals surface area contributed by atoms with Crippen LogP contribution in [0.4, 0.5) is 5.69 Å². The summed E-state index contributed by atoms with van der Waals surface area (Å²) in [7, 11) is 3.55. The van der Waals surface area contributed by atoms with Gasteiger partial charge in [0.25, 0.3) is 5.56 Å². The summed E-state index contributed by atoms with van der Waals surface area (Å²) in [5, 5.41) is 0. The Balaban J connectivity index is 2.08. The number of aromatic nitrogens is 1. The molecule has 3 rings (SSSR count). The van der Waals surface area contributed by atoms with Gasteiger partial charge in [0.15, 0.2) is 5.78 Å². The van der Waals surface area contributed by atoms with Gasteiger partial charge in [-0.1, -0.05) is 31.2 Å². The van der Waals surface area contributed by atoms with Gasteiger partial charge in [-0.15, -0.1) is 0 Å². The van der Waals surface area contributed by atoms with Crippen LogP contribution in [-0.2, 0) is 6.42 Å². The maximum Gasteiger partial charge on any atom is 0.272 e. The Hall–Kier alpha value is -3.34. The number of furan rings is 1. The van der Waals surface area contributed by atoms with Crippen LogP contribution < -0.4 is 10.5 Å². The number of ketones is 1. The van der Waals surface area contributed by atoms with Gasteiger partial charge < -0.3 is 14.3 Å². The Kier molecular flexibility index (Phi) is 5.64. The molecule has 0 aliphatic carbocycles. The Morgan fingerprint density at radius 2 is 1.96 bits per heavy atom. The summed E-state index contributed by atoms with van der Waals surface area (Å²) >= 11 is 0. The van der Waals surface area contributed by atoms with Gasteiger partial charge in [-0.25, -0.2) is 0 Å². The Labute approximate surface area is 164 Å². The fraction of sp³-hybridized carbons (Fsp3) is 0.217. The zero-order chi connectivity index (χ0) is 20.3. The first-order valence-electron chi connectivity index (χ1n) is 9.21. The number of carbonyl (C=O) groups is 1. The Morgan fingerprint density at radius 3 is 2.61 bits per heavy atom. The third-order valence-corrected chi connectivity index (χ3v) is 4.67. The molecule has 0 saturated heterocycles. The van der Waals surface area contributed by atoms with Gasteiger partial charge in [-0.05, 0) is 48.7 Å². The SMILES string of the molecule is CCc1c(C)[nH]c(=O)c(N(C)C)c1C(=O)c1cccc(/C=C/c2ccco2)c1. The third-order valence-electron chi connectivity index (χ3n) is 4.67. The van der Waals surface area contributed by atoms with E-state index >= 15 is 0 Å². The van der Waals surface area contributed by atoms with Crippen molar-refractivity contribution in [3.63, 3.8) is 0 Å². The quantitative estimate of drug-likeness (QED) is 0.651. The molecule has 0 fully saturated rings. The molecule has 0 bridgehead atoms. The van der Waals surface area contributed by atoms with Crippen molar-refractivity contribution in [1.29, 1.82) is 0 Å². The van der Waals surface area contributed by atoms with Gasteiger partial charge in [0.05, 0.1) is 11.8 Å². The van der Waals surface area contributed by atoms with Gasteiger partial charge in [0, 0.05) is 25.4 Å². The summed E-state index contributed by atoms with van der Waals surface area (Å²) in [6.07, 6.45) is 6.02. The number of pyridine rings is 1. The van der Waals surface area contributed by atoms with E-state index in [0.29, 0.717) is 23.2 Å². The fourth-order valence-corrected chi connectivity index (χ4v) is 3.35. The number of H-pyrrole nitrogens is 1. The van der Waals surface area contributed by atoms with Gasteiger partial charge in [-0.3, -0.25) is 9.59 Å². The number of rotatable bonds is 6. The molecule has 0 saturated carbocycles. The molecular weight excluding hydrogens is 352 g/mol. The molecule has 0 aliphatic rings. The van der Waals surface area contributed by atoms with Gasteiger partial charge >= 0.3 is 0 Å². The molecule has 3 aromatic rings. The van der Waals surface area contributed by atoms with Crippen LogP contribution in [0, 0.1) is 6.92 Å². The predicted molar refractivity (Wildman–Crippen MR) is 113 cm³/mol. The van der Waals surface area contributed by atoms with Crippen LogP contribution in [0.15, 0.2) is 51.9 Å². The van der Waals surface area contributed by atoms with E-state index in [1.54, 1.807) is 31.3 Å². The number of nitrogens with one attached hydrogen (secondary N) is 1. The van der Waals surface area contributed by atoms with Crippen LogP contribution in [0.3, 0.4) is 0 Å². The van der Waals surface area contributed by atoms with E-state index in [2.05, 4.69) is 4.98 Å². The first-order valence-corrected chi connectivity index (χ1v) is 9.21. The maximum atomic E-state index is 13.4. The average molecular weight is 376 g/mol. The summed E-state index contributed by atoms with van der Waals surface area (Å²) in [5.41, 5.74) is 3.64. The molecular formula is C23H24N2O3. The van der Waals surface area contributed by atoms with Crippen LogP contribution in [0.1, 0.15) is 45.4 Å². The maximum absolute atomic E-state index is 13.4. The van der Waals surface area contributed by atoms with Crippen molar-refractivity contribution < 1.29 is 9.21 Å². The molecule has 5 heteroatoms. The highest BCUT2D eigenvalue weighted by Crippen LogP contribution is 2.25. The van der Waals surface area contributed by atoms with Crippen LogP contribution in [0.2, 0.25) is 0 Å². The topological polar surface area (TPSA) is 66.3 Å². The van der Waals surface area contributed by atoms with E-state index in [0.717, 1.165) is 22.6 Å². The molecule has 0 radical (unpaired) electrons. The van der Waals surface area contributed by atoms with E-state index < -0.39 is 0 Å². The summed E-state index contributed by atoms with van der Waals surface area (Å²) < 4.78 is 5.30. The lowest BCUT2D eigenvalue weighted by Crippen LogP contribution is -2.27. The molecule has 0 aliphatic heterocycles. The number of aromatic amines is 1. The van der Waals surface area contributed by atoms with E-state index in [1.165, 1.54) is 0 Å². The number of nitrogens with zero attached hydrogens (tertiary/aromatic N) is 1. The number of benzene rings is 1. The van der Waals surface area contributed by atoms with Crippen molar-refractivity contribution in [3.05, 3.63) is 86.7 Å². The van der Waals surface area contributed by atoms with Gasteiger partial charge in [0.1, 0.15) is 11.4 Å². The summed E-state index contributed by atoms with van der Waals surface area (Å²) in [5.74, 6) is 0.591. The standard InChI is InChI=1S/C23H24N2O3/c1-5-19-15(2)24-23(27)21(25(3)4)20(19)22(26)17-9-6-8-16(14-17)11-12-18-10-7-13-28-18/h6-14H,5H2,1-4H3,(H,24,27)/b12-11+. The smallest absolute Gasteiger partial charge is 0.272 e. The minimum atomic E-state index is -0.253. The van der Waals surface area contributed by atoms with E-state index in [4.69, 9.17) is 4.42 Å². The predicted octanol–water partition coefficient (Wildman–Crippen LogP) is 4.31. The molecule has 1 N–H and O–H groups in total. The molecule has 5 nitrogen and oxygen atoms in total. The zero-order valence-corrected chi connectivity index (χ0v) is 16.6. The van der Waals surface area contributed by atoms with Crippen molar-refractivity contribution in [2.75, 3.05) is 19.0 Å². The largest absolute Gasteiger partial charge is 0.465 e. The number of hydrogen-bond acceptors (Lipinski definition) is 4. The van der Waals surface area contributed by atoms with E-state index in [-0.39, 0.29) is 11.3 Å². The van der Waals surface area contributed by atoms with Crippen LogP contribution >= 0.6 is 0 Å². The first kappa shape index (κ1) is 19.4. The van der Waals surface area contributed by atoms with Crippen LogP contribution in [-0.4, -0.2) is 24.9 Å². The molecule has 2 heterocycles. The van der Waals surface area contributed by atoms with Crippen molar-refractivity contribution >= 4 is 23.6 Å². The second-order valence-corrected chi connectivity index (χ2v) is 6.83. The fourth-order valence-electron chi connectivity index (χ4n) is 3.35. The zero-order valence-electron chi connectivity index (χ0n) is 16.6. The minimum Gasteiger partial charge on any atom is -0.465 e. The highest BCUT2D eigenvalue weighted by molar-refractivity contribution is 6.13. The molecule has 0 unspecified atom stereocenters. The first-order chi connectivity index (χ1) is 13.4. The Morgan fingerprint density at radius 1 is 1.18 bits per heavy atom. The molecule has 28 heavy (non-hydrogen) atoms. The lowest BCUT2D eigenvalue weighted by Gasteiger charge is -2.20. The third kappa shape index (κ3) is 3.83. The van der Waals surface area contributed by atoms with Crippen molar-refractivity contribution in [2.45, 2.75) is 20.3 Å². The lowest BCUT2D eigenvalue weighted by molar-refractivity contribution is 0.103. The van der Waals surface area contributed by atoms with Crippen LogP contribution in [0.25, 0.3) is 12.2 Å². The minimum absolute atomic E-state index is 0.150.